The van der Waals surface area contributed by atoms with Crippen LogP contribution in [0.2, 0.25) is 0 Å². The third-order valence-corrected chi connectivity index (χ3v) is 5.13. The van der Waals surface area contributed by atoms with Crippen LogP contribution in [0.25, 0.3) is 0 Å². The van der Waals surface area contributed by atoms with E-state index in [9.17, 15) is 13.2 Å². The van der Waals surface area contributed by atoms with Gasteiger partial charge < -0.3 is 15.5 Å². The topological polar surface area (TPSA) is 90.9 Å². The van der Waals surface area contributed by atoms with Crippen LogP contribution in [-0.2, 0) is 14.8 Å². The molecule has 2 N–H and O–H groups in total. The third kappa shape index (κ3) is 3.48. The van der Waals surface area contributed by atoms with E-state index in [1.807, 2.05) is 25.1 Å². The summed E-state index contributed by atoms with van der Waals surface area (Å²) in [6.07, 6.45) is 0. The normalized spacial score (nSPS) is 15.5. The molecule has 114 valence electrons. The molecule has 2 rings (SSSR count). The van der Waals surface area contributed by atoms with Gasteiger partial charge in [0.2, 0.25) is 5.91 Å². The van der Waals surface area contributed by atoms with Crippen LogP contribution in [0.5, 0.6) is 0 Å². The predicted molar refractivity (Wildman–Crippen MR) is 85.5 cm³/mol. The minimum atomic E-state index is -3.76. The zero-order valence-corrected chi connectivity index (χ0v) is 13.5. The summed E-state index contributed by atoms with van der Waals surface area (Å²) in [6.45, 7) is 0. The van der Waals surface area contributed by atoms with Crippen LogP contribution in [0.4, 0.5) is 11.4 Å². The Kier molecular flexibility index (Phi) is 4.43. The lowest BCUT2D eigenvalue weighted by molar-refractivity contribution is -0.118. The molecule has 0 aromatic heterocycles. The van der Waals surface area contributed by atoms with Crippen LogP contribution in [0, 0.1) is 0 Å². The molecule has 9 heteroatoms. The van der Waals surface area contributed by atoms with Gasteiger partial charge in [-0.15, -0.1) is 4.40 Å². The van der Waals surface area contributed by atoms with Crippen molar-refractivity contribution in [3.05, 3.63) is 18.2 Å². The van der Waals surface area contributed by atoms with Crippen LogP contribution < -0.4 is 15.5 Å². The summed E-state index contributed by atoms with van der Waals surface area (Å²) in [6, 6.07) is 5.08. The minimum Gasteiger partial charge on any atom is -0.378 e. The van der Waals surface area contributed by atoms with Gasteiger partial charge in [-0.2, -0.15) is 8.42 Å². The van der Waals surface area contributed by atoms with E-state index in [4.69, 9.17) is 0 Å². The molecule has 0 saturated carbocycles. The molecule has 0 fully saturated rings. The second-order valence-corrected chi connectivity index (χ2v) is 7.07. The summed E-state index contributed by atoms with van der Waals surface area (Å²) < 4.78 is 28.1. The smallest absolute Gasteiger partial charge is 0.286 e. The number of thioether (sulfide) groups is 1. The van der Waals surface area contributed by atoms with E-state index in [1.165, 1.54) is 7.05 Å². The van der Waals surface area contributed by atoms with E-state index >= 15 is 0 Å². The first kappa shape index (κ1) is 15.6. The molecule has 1 amide bonds. The van der Waals surface area contributed by atoms with Crippen molar-refractivity contribution in [2.45, 2.75) is 4.90 Å². The Bertz CT molecular complexity index is 698. The number of amidine groups is 1. The van der Waals surface area contributed by atoms with Crippen molar-refractivity contribution in [2.75, 3.05) is 37.1 Å². The average Bonchev–Trinajstić information content (AvgIpc) is 2.43. The second kappa shape index (κ2) is 5.94. The fourth-order valence-corrected chi connectivity index (χ4v) is 3.80. The number of rotatable bonds is 3. The first-order valence-corrected chi connectivity index (χ1v) is 8.53. The number of nitrogens with zero attached hydrogens (tertiary/aromatic N) is 2. The standard InChI is InChI=1S/C12H16N4O3S2/c1-13-11(17)7-20-12-14-9-5-4-8(16(2)3)6-10(9)21(18,19)15-12/h4-6H,7H2,1-3H3,(H,13,17)(H,14,15). The van der Waals surface area contributed by atoms with Gasteiger partial charge in [0.05, 0.1) is 11.4 Å². The first-order chi connectivity index (χ1) is 9.83. The van der Waals surface area contributed by atoms with Crippen LogP contribution >= 0.6 is 11.8 Å². The molecule has 1 aromatic rings. The monoisotopic (exact) mass is 328 g/mol. The summed E-state index contributed by atoms with van der Waals surface area (Å²) >= 11 is 1.04. The maximum Gasteiger partial charge on any atom is 0.286 e. The molecule has 1 aromatic carbocycles. The van der Waals surface area contributed by atoms with E-state index in [0.717, 1.165) is 17.4 Å². The van der Waals surface area contributed by atoms with Gasteiger partial charge in [0.15, 0.2) is 5.17 Å². The highest BCUT2D eigenvalue weighted by molar-refractivity contribution is 8.15. The summed E-state index contributed by atoms with van der Waals surface area (Å²) in [5.74, 6) is -0.0983. The number of benzene rings is 1. The van der Waals surface area contributed by atoms with Gasteiger partial charge in [-0.3, -0.25) is 4.79 Å². The maximum absolute atomic E-state index is 12.2. The van der Waals surface area contributed by atoms with Gasteiger partial charge in [-0.25, -0.2) is 0 Å². The van der Waals surface area contributed by atoms with E-state index in [1.54, 1.807) is 12.1 Å². The highest BCUT2D eigenvalue weighted by Gasteiger charge is 2.26. The van der Waals surface area contributed by atoms with Gasteiger partial charge in [0.1, 0.15) is 4.90 Å². The Morgan fingerprint density at radius 2 is 2.14 bits per heavy atom. The van der Waals surface area contributed by atoms with Crippen molar-refractivity contribution >= 4 is 44.2 Å². The summed E-state index contributed by atoms with van der Waals surface area (Å²) in [4.78, 5) is 13.2. The van der Waals surface area contributed by atoms with E-state index in [0.29, 0.717) is 5.69 Å². The summed E-state index contributed by atoms with van der Waals surface area (Å²) in [5.41, 5.74) is 1.24. The van der Waals surface area contributed by atoms with Crippen LogP contribution in [0.1, 0.15) is 0 Å². The average molecular weight is 328 g/mol. The number of carbonyl (C=O) groups excluding carboxylic acids is 1. The number of hydrogen-bond acceptors (Lipinski definition) is 6. The highest BCUT2D eigenvalue weighted by Crippen LogP contribution is 2.32. The SMILES string of the molecule is CNC(=O)CSC1=NS(=O)(=O)c2cc(N(C)C)ccc2N1. The quantitative estimate of drug-likeness (QED) is 0.849. The van der Waals surface area contributed by atoms with Crippen LogP contribution in [-0.4, -0.2) is 46.4 Å². The van der Waals surface area contributed by atoms with Gasteiger partial charge in [0.25, 0.3) is 10.0 Å². The molecule has 1 aliphatic heterocycles. The molecule has 1 aliphatic rings. The highest BCUT2D eigenvalue weighted by atomic mass is 32.2. The Labute approximate surface area is 127 Å². The Morgan fingerprint density at radius 1 is 1.43 bits per heavy atom. The molecule has 0 unspecified atom stereocenters. The number of anilines is 2. The van der Waals surface area contributed by atoms with Crippen molar-refractivity contribution in [1.29, 1.82) is 0 Å². The molecule has 21 heavy (non-hydrogen) atoms. The fraction of sp³-hybridized carbons (Fsp3) is 0.333. The number of fused-ring (bicyclic) bond motifs is 1. The molecule has 0 saturated heterocycles. The predicted octanol–water partition coefficient (Wildman–Crippen LogP) is 0.702. The van der Waals surface area contributed by atoms with Crippen molar-refractivity contribution in [3.63, 3.8) is 0 Å². The van der Waals surface area contributed by atoms with E-state index in [-0.39, 0.29) is 21.7 Å². The maximum atomic E-state index is 12.2. The van der Waals surface area contributed by atoms with Gasteiger partial charge in [-0.05, 0) is 18.2 Å². The van der Waals surface area contributed by atoms with Crippen LogP contribution in [0.15, 0.2) is 27.5 Å². The molecular weight excluding hydrogens is 312 g/mol. The van der Waals surface area contributed by atoms with E-state index < -0.39 is 10.0 Å². The van der Waals surface area contributed by atoms with Crippen molar-refractivity contribution in [3.8, 4) is 0 Å². The van der Waals surface area contributed by atoms with Gasteiger partial charge in [0, 0.05) is 26.8 Å². The van der Waals surface area contributed by atoms with Crippen LogP contribution in [0.3, 0.4) is 0 Å². The number of hydrogen-bond donors (Lipinski definition) is 2. The second-order valence-electron chi connectivity index (χ2n) is 4.53. The number of nitrogens with one attached hydrogen (secondary N) is 2. The largest absolute Gasteiger partial charge is 0.378 e. The lowest BCUT2D eigenvalue weighted by atomic mass is 10.2. The third-order valence-electron chi connectivity index (χ3n) is 2.82. The minimum absolute atomic E-state index is 0.100. The Morgan fingerprint density at radius 3 is 2.76 bits per heavy atom. The number of amides is 1. The van der Waals surface area contributed by atoms with Crippen molar-refractivity contribution < 1.29 is 13.2 Å². The molecule has 0 aliphatic carbocycles. The molecule has 7 nitrogen and oxygen atoms in total. The van der Waals surface area contributed by atoms with E-state index in [2.05, 4.69) is 15.0 Å². The number of carbonyl (C=O) groups is 1. The first-order valence-electron chi connectivity index (χ1n) is 6.10. The zero-order valence-electron chi connectivity index (χ0n) is 11.9. The zero-order chi connectivity index (χ0) is 15.6. The van der Waals surface area contributed by atoms with Gasteiger partial charge in [-0.1, -0.05) is 11.8 Å². The molecular formula is C12H16N4O3S2. The molecule has 0 atom stereocenters. The Balaban J connectivity index is 2.29. The van der Waals surface area contributed by atoms with Crippen molar-refractivity contribution in [1.82, 2.24) is 5.32 Å². The fourth-order valence-electron chi connectivity index (χ4n) is 1.67. The summed E-state index contributed by atoms with van der Waals surface area (Å²) in [7, 11) is 1.43. The lowest BCUT2D eigenvalue weighted by Gasteiger charge is -2.20. The molecule has 0 spiro atoms. The molecule has 0 bridgehead atoms. The van der Waals surface area contributed by atoms with Crippen molar-refractivity contribution in [2.24, 2.45) is 4.40 Å². The summed E-state index contributed by atoms with van der Waals surface area (Å²) in [5, 5.41) is 5.60. The lowest BCUT2D eigenvalue weighted by Crippen LogP contribution is -2.24. The molecule has 1 heterocycles. The van der Waals surface area contributed by atoms with Gasteiger partial charge >= 0.3 is 0 Å². The molecule has 0 radical (unpaired) electrons. The number of sulfonamides is 1. The Hall–Kier alpha value is -1.74.